The highest BCUT2D eigenvalue weighted by molar-refractivity contribution is 8.18. The van der Waals surface area contributed by atoms with Gasteiger partial charge in [0.05, 0.1) is 12.0 Å². The highest BCUT2D eigenvalue weighted by Gasteiger charge is 2.24. The van der Waals surface area contributed by atoms with Gasteiger partial charge in [0.25, 0.3) is 17.1 Å². The van der Waals surface area contributed by atoms with Crippen LogP contribution in [-0.2, 0) is 4.79 Å². The first kappa shape index (κ1) is 16.8. The van der Waals surface area contributed by atoms with Crippen molar-refractivity contribution in [3.63, 3.8) is 0 Å². The molecule has 3 rings (SSSR count). The number of methoxy groups -OCH3 is 1. The van der Waals surface area contributed by atoms with Crippen LogP contribution >= 0.6 is 11.8 Å². The minimum atomic E-state index is -0.406. The van der Waals surface area contributed by atoms with Crippen LogP contribution in [0.25, 0.3) is 6.08 Å². The summed E-state index contributed by atoms with van der Waals surface area (Å²) in [6.45, 7) is 0. The minimum absolute atomic E-state index is 0.243. The van der Waals surface area contributed by atoms with Crippen molar-refractivity contribution in [1.29, 1.82) is 0 Å². The standard InChI is InChI=1S/C18H14N2O4S/c1-24-14-8-6-13(7-9-14)19-16(21)12-4-2-11(3-5-12)10-15-17(22)20-18(23)25-15/h2-10H,1H3,(H,19,21)(H,20,22,23)/b15-10-. The Bertz CT molecular complexity index is 858. The van der Waals surface area contributed by atoms with E-state index in [9.17, 15) is 14.4 Å². The highest BCUT2D eigenvalue weighted by atomic mass is 32.2. The van der Waals surface area contributed by atoms with E-state index in [1.54, 1.807) is 61.7 Å². The molecule has 0 aliphatic carbocycles. The van der Waals surface area contributed by atoms with Crippen LogP contribution in [0.1, 0.15) is 15.9 Å². The van der Waals surface area contributed by atoms with E-state index in [1.165, 1.54) is 0 Å². The molecular weight excluding hydrogens is 340 g/mol. The first-order valence-electron chi connectivity index (χ1n) is 7.35. The lowest BCUT2D eigenvalue weighted by molar-refractivity contribution is -0.115. The largest absolute Gasteiger partial charge is 0.497 e. The zero-order valence-corrected chi connectivity index (χ0v) is 14.1. The number of imide groups is 1. The molecule has 0 aromatic heterocycles. The van der Waals surface area contributed by atoms with E-state index < -0.39 is 5.91 Å². The SMILES string of the molecule is COc1ccc(NC(=O)c2ccc(/C=C3\SC(=O)NC3=O)cc2)cc1. The Balaban J connectivity index is 1.69. The smallest absolute Gasteiger partial charge is 0.290 e. The number of nitrogens with one attached hydrogen (secondary N) is 2. The molecule has 126 valence electrons. The lowest BCUT2D eigenvalue weighted by atomic mass is 10.1. The number of thioether (sulfide) groups is 1. The van der Waals surface area contributed by atoms with E-state index in [0.717, 1.165) is 17.3 Å². The molecule has 0 radical (unpaired) electrons. The molecule has 0 unspecified atom stereocenters. The fourth-order valence-corrected chi connectivity index (χ4v) is 2.86. The minimum Gasteiger partial charge on any atom is -0.497 e. The van der Waals surface area contributed by atoms with E-state index >= 15 is 0 Å². The van der Waals surface area contributed by atoms with Crippen molar-refractivity contribution in [2.45, 2.75) is 0 Å². The van der Waals surface area contributed by atoms with Gasteiger partial charge in [-0.15, -0.1) is 0 Å². The summed E-state index contributed by atoms with van der Waals surface area (Å²) >= 11 is 0.856. The second-order valence-corrected chi connectivity index (χ2v) is 6.17. The van der Waals surface area contributed by atoms with Crippen LogP contribution in [0, 0.1) is 0 Å². The molecule has 2 aromatic carbocycles. The van der Waals surface area contributed by atoms with Crippen molar-refractivity contribution in [3.8, 4) is 5.75 Å². The second-order valence-electron chi connectivity index (χ2n) is 5.16. The van der Waals surface area contributed by atoms with Crippen LogP contribution in [0.5, 0.6) is 5.75 Å². The van der Waals surface area contributed by atoms with Crippen molar-refractivity contribution < 1.29 is 19.1 Å². The summed E-state index contributed by atoms with van der Waals surface area (Å²) in [6.07, 6.45) is 1.61. The maximum Gasteiger partial charge on any atom is 0.290 e. The van der Waals surface area contributed by atoms with Crippen molar-refractivity contribution in [2.24, 2.45) is 0 Å². The molecule has 3 amide bonds. The molecule has 2 aromatic rings. The third-order valence-electron chi connectivity index (χ3n) is 3.46. The van der Waals surface area contributed by atoms with Gasteiger partial charge in [0, 0.05) is 11.3 Å². The summed E-state index contributed by atoms with van der Waals surface area (Å²) in [5.74, 6) is 0.0616. The topological polar surface area (TPSA) is 84.5 Å². The first-order chi connectivity index (χ1) is 12.0. The fraction of sp³-hybridized carbons (Fsp3) is 0.0556. The zero-order valence-electron chi connectivity index (χ0n) is 13.2. The summed E-state index contributed by atoms with van der Waals surface area (Å²) in [4.78, 5) is 35.2. The van der Waals surface area contributed by atoms with Gasteiger partial charge in [0.2, 0.25) is 0 Å². The molecular formula is C18H14N2O4S. The van der Waals surface area contributed by atoms with Gasteiger partial charge in [-0.2, -0.15) is 0 Å². The molecule has 2 N–H and O–H groups in total. The van der Waals surface area contributed by atoms with Crippen molar-refractivity contribution >= 4 is 40.6 Å². The van der Waals surface area contributed by atoms with Crippen LogP contribution in [0.3, 0.4) is 0 Å². The van der Waals surface area contributed by atoms with Gasteiger partial charge in [-0.25, -0.2) is 0 Å². The van der Waals surface area contributed by atoms with Crippen LogP contribution in [0.2, 0.25) is 0 Å². The Kier molecular flexibility index (Phi) is 4.85. The lowest BCUT2D eigenvalue weighted by Gasteiger charge is -2.06. The molecule has 1 aliphatic rings. The Morgan fingerprint density at radius 2 is 1.76 bits per heavy atom. The van der Waals surface area contributed by atoms with Gasteiger partial charge in [-0.05, 0) is 59.8 Å². The number of anilines is 1. The average molecular weight is 354 g/mol. The van der Waals surface area contributed by atoms with Gasteiger partial charge >= 0.3 is 0 Å². The Morgan fingerprint density at radius 1 is 1.08 bits per heavy atom. The second kappa shape index (κ2) is 7.23. The molecule has 1 saturated heterocycles. The normalized spacial score (nSPS) is 15.2. The number of hydrogen-bond donors (Lipinski definition) is 2. The Labute approximate surface area is 148 Å². The van der Waals surface area contributed by atoms with Crippen LogP contribution in [0.4, 0.5) is 10.5 Å². The molecule has 1 heterocycles. The van der Waals surface area contributed by atoms with Gasteiger partial charge in [0.15, 0.2) is 0 Å². The predicted octanol–water partition coefficient (Wildman–Crippen LogP) is 3.27. The number of hydrogen-bond acceptors (Lipinski definition) is 5. The third kappa shape index (κ3) is 4.07. The molecule has 6 nitrogen and oxygen atoms in total. The summed E-state index contributed by atoms with van der Waals surface area (Å²) in [5, 5.41) is 4.61. The summed E-state index contributed by atoms with van der Waals surface area (Å²) in [6, 6.07) is 13.8. The summed E-state index contributed by atoms with van der Waals surface area (Å²) in [7, 11) is 1.58. The number of carbonyl (C=O) groups excluding carboxylic acids is 3. The van der Waals surface area contributed by atoms with Crippen molar-refractivity contribution in [2.75, 3.05) is 12.4 Å². The van der Waals surface area contributed by atoms with Gasteiger partial charge < -0.3 is 10.1 Å². The van der Waals surface area contributed by atoms with E-state index in [1.807, 2.05) is 0 Å². The fourth-order valence-electron chi connectivity index (χ4n) is 2.18. The van der Waals surface area contributed by atoms with Crippen LogP contribution in [0.15, 0.2) is 53.4 Å². The van der Waals surface area contributed by atoms with Crippen LogP contribution in [-0.4, -0.2) is 24.2 Å². The zero-order chi connectivity index (χ0) is 17.8. The van der Waals surface area contributed by atoms with E-state index in [0.29, 0.717) is 21.9 Å². The monoisotopic (exact) mass is 354 g/mol. The molecule has 0 bridgehead atoms. The molecule has 0 atom stereocenters. The summed E-state index contributed by atoms with van der Waals surface area (Å²) < 4.78 is 5.07. The van der Waals surface area contributed by atoms with Gasteiger partial charge in [0.1, 0.15) is 5.75 Å². The third-order valence-corrected chi connectivity index (χ3v) is 4.27. The van der Waals surface area contributed by atoms with Gasteiger partial charge in [-0.1, -0.05) is 12.1 Å². The highest BCUT2D eigenvalue weighted by Crippen LogP contribution is 2.25. The maximum atomic E-state index is 12.2. The van der Waals surface area contributed by atoms with E-state index in [-0.39, 0.29) is 11.1 Å². The van der Waals surface area contributed by atoms with Gasteiger partial charge in [-0.3, -0.25) is 19.7 Å². The number of benzene rings is 2. The Hall–Kier alpha value is -3.06. The van der Waals surface area contributed by atoms with Crippen molar-refractivity contribution in [1.82, 2.24) is 5.32 Å². The number of carbonyl (C=O) groups is 3. The van der Waals surface area contributed by atoms with Crippen molar-refractivity contribution in [3.05, 3.63) is 64.6 Å². The first-order valence-corrected chi connectivity index (χ1v) is 8.17. The van der Waals surface area contributed by atoms with Crippen LogP contribution < -0.4 is 15.4 Å². The predicted molar refractivity (Wildman–Crippen MR) is 96.5 cm³/mol. The molecule has 1 fully saturated rings. The number of amides is 3. The number of ether oxygens (including phenoxy) is 1. The molecule has 1 aliphatic heterocycles. The molecule has 7 heteroatoms. The molecule has 0 saturated carbocycles. The molecule has 0 spiro atoms. The van der Waals surface area contributed by atoms with E-state index in [4.69, 9.17) is 4.74 Å². The Morgan fingerprint density at radius 3 is 2.32 bits per heavy atom. The number of rotatable bonds is 4. The van der Waals surface area contributed by atoms with E-state index in [2.05, 4.69) is 10.6 Å². The lowest BCUT2D eigenvalue weighted by Crippen LogP contribution is -2.17. The quantitative estimate of drug-likeness (QED) is 0.823. The average Bonchev–Trinajstić information content (AvgIpc) is 2.93. The summed E-state index contributed by atoms with van der Waals surface area (Å²) in [5.41, 5.74) is 1.88. The molecule has 25 heavy (non-hydrogen) atoms. The maximum absolute atomic E-state index is 12.2.